The van der Waals surface area contributed by atoms with E-state index < -0.39 is 0 Å². The van der Waals surface area contributed by atoms with Gasteiger partial charge in [-0.15, -0.1) is 0 Å². The standard InChI is InChI=1S/C20H24N2O3/c1-21(2)17-8-4-16(5-9-17)13-22(3)20(23)11-7-15-6-10-18-19(12-15)25-14-24-18/h4-6,8-10,12H,7,11,13-14H2,1-3H3. The monoisotopic (exact) mass is 340 g/mol. The van der Waals surface area contributed by atoms with Crippen molar-refractivity contribution >= 4 is 11.6 Å². The van der Waals surface area contributed by atoms with Crippen LogP contribution < -0.4 is 14.4 Å². The van der Waals surface area contributed by atoms with E-state index in [-0.39, 0.29) is 12.7 Å². The Kier molecular flexibility index (Phi) is 5.12. The summed E-state index contributed by atoms with van der Waals surface area (Å²) in [6.07, 6.45) is 1.17. The van der Waals surface area contributed by atoms with E-state index in [1.165, 1.54) is 0 Å². The van der Waals surface area contributed by atoms with Crippen molar-refractivity contribution in [3.63, 3.8) is 0 Å². The highest BCUT2D eigenvalue weighted by Crippen LogP contribution is 2.32. The summed E-state index contributed by atoms with van der Waals surface area (Å²) in [5.41, 5.74) is 3.37. The second-order valence-corrected chi connectivity index (χ2v) is 6.50. The van der Waals surface area contributed by atoms with Gasteiger partial charge in [0.15, 0.2) is 11.5 Å². The van der Waals surface area contributed by atoms with E-state index >= 15 is 0 Å². The lowest BCUT2D eigenvalue weighted by molar-refractivity contribution is -0.130. The van der Waals surface area contributed by atoms with Gasteiger partial charge < -0.3 is 19.3 Å². The molecule has 2 aromatic carbocycles. The van der Waals surface area contributed by atoms with E-state index in [0.717, 1.165) is 28.3 Å². The van der Waals surface area contributed by atoms with Crippen LogP contribution in [-0.4, -0.2) is 38.7 Å². The number of carbonyl (C=O) groups excluding carboxylic acids is 1. The van der Waals surface area contributed by atoms with E-state index in [9.17, 15) is 4.79 Å². The van der Waals surface area contributed by atoms with Crippen molar-refractivity contribution in [3.05, 3.63) is 53.6 Å². The first kappa shape index (κ1) is 17.1. The smallest absolute Gasteiger partial charge is 0.231 e. The molecule has 2 aromatic rings. The van der Waals surface area contributed by atoms with E-state index in [1.54, 1.807) is 4.90 Å². The molecule has 0 unspecified atom stereocenters. The molecule has 0 spiro atoms. The fourth-order valence-corrected chi connectivity index (χ4v) is 2.80. The lowest BCUT2D eigenvalue weighted by Gasteiger charge is -2.18. The Morgan fingerprint density at radius 1 is 0.960 bits per heavy atom. The number of benzene rings is 2. The Morgan fingerprint density at radius 3 is 2.36 bits per heavy atom. The first-order chi connectivity index (χ1) is 12.0. The van der Waals surface area contributed by atoms with Gasteiger partial charge in [-0.3, -0.25) is 4.79 Å². The first-order valence-corrected chi connectivity index (χ1v) is 8.41. The molecule has 0 N–H and O–H groups in total. The third-order valence-corrected chi connectivity index (χ3v) is 4.36. The Hall–Kier alpha value is -2.69. The maximum atomic E-state index is 12.4. The largest absolute Gasteiger partial charge is 0.454 e. The van der Waals surface area contributed by atoms with Crippen molar-refractivity contribution in [2.45, 2.75) is 19.4 Å². The minimum Gasteiger partial charge on any atom is -0.454 e. The van der Waals surface area contributed by atoms with Gasteiger partial charge in [0, 0.05) is 39.8 Å². The van der Waals surface area contributed by atoms with Gasteiger partial charge in [0.1, 0.15) is 0 Å². The SMILES string of the molecule is CN(Cc1ccc(N(C)C)cc1)C(=O)CCc1ccc2c(c1)OCO2. The zero-order valence-corrected chi connectivity index (χ0v) is 15.0. The van der Waals surface area contributed by atoms with Crippen molar-refractivity contribution in [2.75, 3.05) is 32.8 Å². The van der Waals surface area contributed by atoms with Crippen molar-refractivity contribution in [1.29, 1.82) is 0 Å². The topological polar surface area (TPSA) is 42.0 Å². The highest BCUT2D eigenvalue weighted by Gasteiger charge is 2.14. The maximum absolute atomic E-state index is 12.4. The number of aryl methyl sites for hydroxylation is 1. The van der Waals surface area contributed by atoms with Gasteiger partial charge in [-0.2, -0.15) is 0 Å². The summed E-state index contributed by atoms with van der Waals surface area (Å²) in [4.78, 5) is 16.2. The number of carbonyl (C=O) groups is 1. The lowest BCUT2D eigenvalue weighted by atomic mass is 10.1. The van der Waals surface area contributed by atoms with Crippen LogP contribution in [-0.2, 0) is 17.8 Å². The second kappa shape index (κ2) is 7.47. The fraction of sp³-hybridized carbons (Fsp3) is 0.350. The lowest BCUT2D eigenvalue weighted by Crippen LogP contribution is -2.26. The molecule has 1 aliphatic rings. The molecule has 1 aliphatic heterocycles. The second-order valence-electron chi connectivity index (χ2n) is 6.50. The Morgan fingerprint density at radius 2 is 1.64 bits per heavy atom. The molecule has 0 saturated heterocycles. The minimum absolute atomic E-state index is 0.134. The molecule has 0 aromatic heterocycles. The number of fused-ring (bicyclic) bond motifs is 1. The van der Waals surface area contributed by atoms with Gasteiger partial charge in [-0.25, -0.2) is 0 Å². The van der Waals surface area contributed by atoms with Crippen LogP contribution in [0.4, 0.5) is 5.69 Å². The van der Waals surface area contributed by atoms with Crippen molar-refractivity contribution in [2.24, 2.45) is 0 Å². The summed E-state index contributed by atoms with van der Waals surface area (Å²) in [6.45, 7) is 0.890. The van der Waals surface area contributed by atoms with Crippen molar-refractivity contribution in [3.8, 4) is 11.5 Å². The van der Waals surface area contributed by atoms with E-state index in [0.29, 0.717) is 19.4 Å². The van der Waals surface area contributed by atoms with Crippen LogP contribution >= 0.6 is 0 Å². The predicted octanol–water partition coefficient (Wildman–Crippen LogP) is 3.07. The highest BCUT2D eigenvalue weighted by molar-refractivity contribution is 5.76. The Balaban J connectivity index is 1.52. The van der Waals surface area contributed by atoms with E-state index in [2.05, 4.69) is 29.2 Å². The van der Waals surface area contributed by atoms with Crippen LogP contribution in [0.15, 0.2) is 42.5 Å². The number of hydrogen-bond acceptors (Lipinski definition) is 4. The molecule has 0 aliphatic carbocycles. The minimum atomic E-state index is 0.134. The van der Waals surface area contributed by atoms with Gasteiger partial charge in [-0.1, -0.05) is 18.2 Å². The van der Waals surface area contributed by atoms with Crippen LogP contribution in [0.25, 0.3) is 0 Å². The predicted molar refractivity (Wildman–Crippen MR) is 98.1 cm³/mol. The summed E-state index contributed by atoms with van der Waals surface area (Å²) < 4.78 is 10.7. The van der Waals surface area contributed by atoms with Crippen LogP contribution in [0, 0.1) is 0 Å². The summed E-state index contributed by atoms with van der Waals surface area (Å²) in [5, 5.41) is 0. The summed E-state index contributed by atoms with van der Waals surface area (Å²) >= 11 is 0. The van der Waals surface area contributed by atoms with E-state index in [4.69, 9.17) is 9.47 Å². The van der Waals surface area contributed by atoms with Gasteiger partial charge in [0.05, 0.1) is 0 Å². The highest BCUT2D eigenvalue weighted by atomic mass is 16.7. The molecule has 0 saturated carbocycles. The quantitative estimate of drug-likeness (QED) is 0.810. The molecule has 25 heavy (non-hydrogen) atoms. The molecule has 1 heterocycles. The summed E-state index contributed by atoms with van der Waals surface area (Å²) in [7, 11) is 5.88. The van der Waals surface area contributed by atoms with Crippen LogP contribution in [0.2, 0.25) is 0 Å². The number of hydrogen-bond donors (Lipinski definition) is 0. The molecule has 5 nitrogen and oxygen atoms in total. The number of anilines is 1. The summed E-state index contributed by atoms with van der Waals surface area (Å²) in [5.74, 6) is 1.67. The molecule has 1 amide bonds. The normalized spacial score (nSPS) is 12.1. The fourth-order valence-electron chi connectivity index (χ4n) is 2.80. The Bertz CT molecular complexity index is 741. The number of rotatable bonds is 6. The first-order valence-electron chi connectivity index (χ1n) is 8.41. The Labute approximate surface area is 148 Å². The molecule has 132 valence electrons. The van der Waals surface area contributed by atoms with Gasteiger partial charge in [0.25, 0.3) is 0 Å². The molecule has 5 heteroatoms. The summed E-state index contributed by atoms with van der Waals surface area (Å²) in [6, 6.07) is 14.1. The van der Waals surface area contributed by atoms with Crippen LogP contribution in [0.5, 0.6) is 11.5 Å². The van der Waals surface area contributed by atoms with E-state index in [1.807, 2.05) is 39.3 Å². The third-order valence-electron chi connectivity index (χ3n) is 4.36. The maximum Gasteiger partial charge on any atom is 0.231 e. The zero-order chi connectivity index (χ0) is 17.8. The van der Waals surface area contributed by atoms with Gasteiger partial charge >= 0.3 is 0 Å². The molecule has 0 fully saturated rings. The van der Waals surface area contributed by atoms with Gasteiger partial charge in [0.2, 0.25) is 12.7 Å². The average Bonchev–Trinajstić information content (AvgIpc) is 3.07. The van der Waals surface area contributed by atoms with Crippen LogP contribution in [0.1, 0.15) is 17.5 Å². The number of amides is 1. The third kappa shape index (κ3) is 4.24. The van der Waals surface area contributed by atoms with Crippen molar-refractivity contribution < 1.29 is 14.3 Å². The molecular weight excluding hydrogens is 316 g/mol. The number of nitrogens with zero attached hydrogens (tertiary/aromatic N) is 2. The number of ether oxygens (including phenoxy) is 2. The van der Waals surface area contributed by atoms with Gasteiger partial charge in [-0.05, 0) is 41.8 Å². The molecular formula is C20H24N2O3. The molecule has 3 rings (SSSR count). The zero-order valence-electron chi connectivity index (χ0n) is 15.0. The molecule has 0 atom stereocenters. The molecule has 0 radical (unpaired) electrons. The average molecular weight is 340 g/mol. The van der Waals surface area contributed by atoms with Crippen LogP contribution in [0.3, 0.4) is 0 Å². The molecule has 0 bridgehead atoms. The van der Waals surface area contributed by atoms with Crippen molar-refractivity contribution in [1.82, 2.24) is 4.90 Å².